The first-order valence-electron chi connectivity index (χ1n) is 10.3. The van der Waals surface area contributed by atoms with E-state index in [1.165, 1.54) is 0 Å². The lowest BCUT2D eigenvalue weighted by Crippen LogP contribution is -2.48. The second kappa shape index (κ2) is 9.61. The average Bonchev–Trinajstić information content (AvgIpc) is 2.88. The number of hydrogen-bond donors (Lipinski definition) is 2. The number of nitrogens with zero attached hydrogens (tertiary/aromatic N) is 1. The molecule has 0 bridgehead atoms. The molecule has 7 heteroatoms. The molecule has 2 unspecified atom stereocenters. The van der Waals surface area contributed by atoms with Crippen molar-refractivity contribution in [2.45, 2.75) is 32.7 Å². The second-order valence-corrected chi connectivity index (χ2v) is 7.89. The zero-order valence-electron chi connectivity index (χ0n) is 17.7. The molecule has 0 spiro atoms. The highest BCUT2D eigenvalue weighted by molar-refractivity contribution is 6.00. The van der Waals surface area contributed by atoms with E-state index in [-0.39, 0.29) is 30.9 Å². The van der Waals surface area contributed by atoms with Gasteiger partial charge in [-0.1, -0.05) is 43.3 Å². The van der Waals surface area contributed by atoms with Crippen molar-refractivity contribution in [2.24, 2.45) is 11.8 Å². The van der Waals surface area contributed by atoms with Crippen LogP contribution in [0.3, 0.4) is 0 Å². The maximum atomic E-state index is 13.2. The highest BCUT2D eigenvalue weighted by atomic mass is 16.5. The highest BCUT2D eigenvalue weighted by Gasteiger charge is 2.35. The number of amides is 4. The lowest BCUT2D eigenvalue weighted by Gasteiger charge is -2.26. The molecule has 1 fully saturated rings. The predicted octanol–water partition coefficient (Wildman–Crippen LogP) is 2.92. The van der Waals surface area contributed by atoms with E-state index in [0.29, 0.717) is 12.3 Å². The van der Waals surface area contributed by atoms with Gasteiger partial charge in [0.2, 0.25) is 11.8 Å². The summed E-state index contributed by atoms with van der Waals surface area (Å²) in [7, 11) is 1.61. The number of benzene rings is 1. The van der Waals surface area contributed by atoms with E-state index in [4.69, 9.17) is 4.74 Å². The summed E-state index contributed by atoms with van der Waals surface area (Å²) in [6.45, 7) is 3.85. The van der Waals surface area contributed by atoms with Crippen molar-refractivity contribution >= 4 is 17.8 Å². The predicted molar refractivity (Wildman–Crippen MR) is 113 cm³/mol. The van der Waals surface area contributed by atoms with Gasteiger partial charge in [0.15, 0.2) is 0 Å². The molecule has 2 N–H and O–H groups in total. The molecular formula is C23H29N3O4. The van der Waals surface area contributed by atoms with Crippen LogP contribution in [0.25, 0.3) is 0 Å². The Kier molecular flexibility index (Phi) is 6.92. The molecule has 1 aromatic rings. The summed E-state index contributed by atoms with van der Waals surface area (Å²) in [4.78, 5) is 39.2. The van der Waals surface area contributed by atoms with Crippen LogP contribution in [-0.4, -0.2) is 42.9 Å². The van der Waals surface area contributed by atoms with Crippen LogP contribution in [0, 0.1) is 11.8 Å². The largest absolute Gasteiger partial charge is 0.497 e. The topological polar surface area (TPSA) is 87.7 Å². The van der Waals surface area contributed by atoms with Gasteiger partial charge in [0.05, 0.1) is 19.1 Å². The van der Waals surface area contributed by atoms with Gasteiger partial charge in [0.25, 0.3) is 0 Å². The van der Waals surface area contributed by atoms with E-state index in [9.17, 15) is 14.4 Å². The van der Waals surface area contributed by atoms with Gasteiger partial charge in [-0.15, -0.1) is 0 Å². The number of carbonyl (C=O) groups excluding carboxylic acids is 3. The number of hydrogen-bond acceptors (Lipinski definition) is 4. The van der Waals surface area contributed by atoms with Crippen molar-refractivity contribution < 1.29 is 19.1 Å². The van der Waals surface area contributed by atoms with Crippen molar-refractivity contribution in [3.8, 4) is 0 Å². The van der Waals surface area contributed by atoms with Crippen LogP contribution in [0.1, 0.15) is 38.3 Å². The Morgan fingerprint density at radius 1 is 1.30 bits per heavy atom. The fourth-order valence-electron chi connectivity index (χ4n) is 3.81. The molecule has 160 valence electrons. The lowest BCUT2D eigenvalue weighted by molar-refractivity contribution is -0.133. The van der Waals surface area contributed by atoms with Crippen molar-refractivity contribution in [3.05, 3.63) is 59.4 Å². The molecule has 3 atom stereocenters. The van der Waals surface area contributed by atoms with Gasteiger partial charge in [-0.2, -0.15) is 0 Å². The third-order valence-corrected chi connectivity index (χ3v) is 5.51. The Balaban J connectivity index is 1.74. The Bertz CT molecular complexity index is 862. The standard InChI is InChI=1S/C23H29N3O4/c1-15-9-10-20(30-3)18(11-15)12-19-13-24-21(27)14-26(22(19)28)23(29)25-16(2)17-7-5-4-6-8-17/h4-8,10-11,15-16,19H,9,12-14H2,1-3H3,(H,24,27)(H,25,29)/t15?,16-,19?/m0/s1. The molecule has 7 nitrogen and oxygen atoms in total. The number of carbonyl (C=O) groups is 3. The summed E-state index contributed by atoms with van der Waals surface area (Å²) < 4.78 is 5.46. The normalized spacial score (nSPS) is 23.0. The van der Waals surface area contributed by atoms with E-state index in [0.717, 1.165) is 28.2 Å². The SMILES string of the molecule is COC1=CCC(C)C=C1CC1CNC(=O)CN(C(=O)N[C@@H](C)c2ccccc2)C1=O. The quantitative estimate of drug-likeness (QED) is 0.780. The summed E-state index contributed by atoms with van der Waals surface area (Å²) >= 11 is 0. The summed E-state index contributed by atoms with van der Waals surface area (Å²) in [6.07, 6.45) is 5.40. The summed E-state index contributed by atoms with van der Waals surface area (Å²) in [6, 6.07) is 8.62. The summed E-state index contributed by atoms with van der Waals surface area (Å²) in [5, 5.41) is 5.59. The zero-order chi connectivity index (χ0) is 21.7. The van der Waals surface area contributed by atoms with Crippen molar-refractivity contribution in [2.75, 3.05) is 20.2 Å². The minimum absolute atomic E-state index is 0.193. The first kappa shape index (κ1) is 21.6. The van der Waals surface area contributed by atoms with E-state index in [2.05, 4.69) is 23.6 Å². The van der Waals surface area contributed by atoms with Crippen molar-refractivity contribution in [1.29, 1.82) is 0 Å². The van der Waals surface area contributed by atoms with Crippen LogP contribution in [0.15, 0.2) is 53.8 Å². The van der Waals surface area contributed by atoms with Gasteiger partial charge in [-0.3, -0.25) is 14.5 Å². The minimum atomic E-state index is -0.563. The molecule has 1 aliphatic heterocycles. The van der Waals surface area contributed by atoms with Crippen molar-refractivity contribution in [3.63, 3.8) is 0 Å². The highest BCUT2D eigenvalue weighted by Crippen LogP contribution is 2.29. The molecule has 4 amide bonds. The average molecular weight is 412 g/mol. The first-order chi connectivity index (χ1) is 14.4. The number of ether oxygens (including phenoxy) is 1. The maximum Gasteiger partial charge on any atom is 0.325 e. The maximum absolute atomic E-state index is 13.2. The Labute approximate surface area is 177 Å². The number of nitrogens with one attached hydrogen (secondary N) is 2. The Morgan fingerprint density at radius 2 is 2.03 bits per heavy atom. The first-order valence-corrected chi connectivity index (χ1v) is 10.3. The van der Waals surface area contributed by atoms with Crippen LogP contribution in [0.4, 0.5) is 4.79 Å². The van der Waals surface area contributed by atoms with E-state index < -0.39 is 11.9 Å². The van der Waals surface area contributed by atoms with E-state index >= 15 is 0 Å². The fourth-order valence-corrected chi connectivity index (χ4v) is 3.81. The third-order valence-electron chi connectivity index (χ3n) is 5.51. The van der Waals surface area contributed by atoms with Crippen molar-refractivity contribution in [1.82, 2.24) is 15.5 Å². The number of rotatable bonds is 5. The van der Waals surface area contributed by atoms with Gasteiger partial charge in [0.1, 0.15) is 12.3 Å². The second-order valence-electron chi connectivity index (χ2n) is 7.89. The molecule has 1 heterocycles. The number of methoxy groups -OCH3 is 1. The monoisotopic (exact) mass is 411 g/mol. The van der Waals surface area contributed by atoms with E-state index in [1.54, 1.807) is 7.11 Å². The molecule has 3 rings (SSSR count). The van der Waals surface area contributed by atoms with E-state index in [1.807, 2.05) is 43.3 Å². The zero-order valence-corrected chi connectivity index (χ0v) is 17.7. The van der Waals surface area contributed by atoms with Crippen LogP contribution in [0.5, 0.6) is 0 Å². The molecule has 1 aromatic carbocycles. The van der Waals surface area contributed by atoms with Crippen LogP contribution >= 0.6 is 0 Å². The van der Waals surface area contributed by atoms with Crippen LogP contribution < -0.4 is 10.6 Å². The van der Waals surface area contributed by atoms with Crippen LogP contribution in [0.2, 0.25) is 0 Å². The Hall–Kier alpha value is -3.09. The van der Waals surface area contributed by atoms with Crippen LogP contribution in [-0.2, 0) is 14.3 Å². The molecular weight excluding hydrogens is 382 g/mol. The molecule has 0 aromatic heterocycles. The fraction of sp³-hybridized carbons (Fsp3) is 0.435. The molecule has 0 saturated carbocycles. The Morgan fingerprint density at radius 3 is 2.73 bits per heavy atom. The molecule has 2 aliphatic rings. The third kappa shape index (κ3) is 5.09. The number of urea groups is 1. The van der Waals surface area contributed by atoms with Gasteiger partial charge < -0.3 is 15.4 Å². The summed E-state index contributed by atoms with van der Waals surface area (Å²) in [5.74, 6) is -0.141. The van der Waals surface area contributed by atoms with Gasteiger partial charge in [-0.25, -0.2) is 4.79 Å². The lowest BCUT2D eigenvalue weighted by atomic mass is 9.89. The molecule has 1 saturated heterocycles. The number of allylic oxidation sites excluding steroid dienone is 3. The minimum Gasteiger partial charge on any atom is -0.497 e. The van der Waals surface area contributed by atoms with Gasteiger partial charge in [0, 0.05) is 6.54 Å². The van der Waals surface area contributed by atoms with Gasteiger partial charge in [-0.05, 0) is 42.9 Å². The molecule has 0 radical (unpaired) electrons. The van der Waals surface area contributed by atoms with Gasteiger partial charge >= 0.3 is 6.03 Å². The smallest absolute Gasteiger partial charge is 0.325 e. The summed E-state index contributed by atoms with van der Waals surface area (Å²) in [5.41, 5.74) is 1.86. The number of imide groups is 1. The molecule has 1 aliphatic carbocycles. The molecule has 30 heavy (non-hydrogen) atoms.